The topological polar surface area (TPSA) is 103 Å². The highest BCUT2D eigenvalue weighted by Crippen LogP contribution is 2.45. The number of nitrogens with zero attached hydrogens (tertiary/aromatic N) is 2. The number of nitro groups is 1. The first-order chi connectivity index (χ1) is 20.6. The molecule has 8 nitrogen and oxygen atoms in total. The molecule has 4 aromatic rings. The lowest BCUT2D eigenvalue weighted by atomic mass is 9.72. The maximum atomic E-state index is 13.6. The largest absolute Gasteiger partial charge is 0.493 e. The van der Waals surface area contributed by atoms with Crippen molar-refractivity contribution in [2.24, 2.45) is 16.3 Å². The molecule has 43 heavy (non-hydrogen) atoms. The molecule has 0 saturated carbocycles. The van der Waals surface area contributed by atoms with Crippen LogP contribution in [0.2, 0.25) is 0 Å². The fourth-order valence-corrected chi connectivity index (χ4v) is 6.58. The van der Waals surface area contributed by atoms with E-state index in [2.05, 4.69) is 26.1 Å². The van der Waals surface area contributed by atoms with Gasteiger partial charge in [-0.3, -0.25) is 14.9 Å². The summed E-state index contributed by atoms with van der Waals surface area (Å²) in [6.07, 6.45) is 4.07. The van der Waals surface area contributed by atoms with Crippen LogP contribution in [0, 0.1) is 21.4 Å². The van der Waals surface area contributed by atoms with Gasteiger partial charge in [-0.2, -0.15) is 0 Å². The molecule has 3 aromatic carbocycles. The molecule has 1 atom stereocenters. The lowest BCUT2D eigenvalue weighted by Crippen LogP contribution is -2.27. The molecule has 9 heteroatoms. The van der Waals surface area contributed by atoms with Gasteiger partial charge >= 0.3 is 0 Å². The van der Waals surface area contributed by atoms with E-state index < -0.39 is 4.92 Å². The van der Waals surface area contributed by atoms with Gasteiger partial charge in [0.25, 0.3) is 11.6 Å². The number of amides is 1. The van der Waals surface area contributed by atoms with Crippen LogP contribution in [0.3, 0.4) is 0 Å². The summed E-state index contributed by atoms with van der Waals surface area (Å²) >= 11 is 1.49. The van der Waals surface area contributed by atoms with Gasteiger partial charge in [-0.25, -0.2) is 4.99 Å². The zero-order valence-corrected chi connectivity index (χ0v) is 25.6. The summed E-state index contributed by atoms with van der Waals surface area (Å²) in [5, 5.41) is 15.7. The monoisotopic (exact) mass is 597 g/mol. The summed E-state index contributed by atoms with van der Waals surface area (Å²) in [5.74, 6) is 0.859. The van der Waals surface area contributed by atoms with Crippen molar-refractivity contribution in [1.29, 1.82) is 0 Å². The van der Waals surface area contributed by atoms with Gasteiger partial charge in [0, 0.05) is 16.8 Å². The number of nitro benzene ring substituents is 1. The lowest BCUT2D eigenvalue weighted by Gasteiger charge is -2.33. The number of anilines is 1. The minimum atomic E-state index is -0.466. The van der Waals surface area contributed by atoms with Crippen molar-refractivity contribution >= 4 is 39.8 Å². The Morgan fingerprint density at radius 2 is 1.79 bits per heavy atom. The van der Waals surface area contributed by atoms with Gasteiger partial charge in [0.05, 0.1) is 29.2 Å². The van der Waals surface area contributed by atoms with Crippen molar-refractivity contribution in [3.63, 3.8) is 0 Å². The number of fused-ring (bicyclic) bond motifs is 1. The van der Waals surface area contributed by atoms with Crippen molar-refractivity contribution in [2.45, 2.75) is 46.6 Å². The zero-order chi connectivity index (χ0) is 30.6. The van der Waals surface area contributed by atoms with Crippen LogP contribution >= 0.6 is 11.3 Å². The minimum absolute atomic E-state index is 0.138. The minimum Gasteiger partial charge on any atom is -0.493 e. The number of rotatable bonds is 9. The zero-order valence-electron chi connectivity index (χ0n) is 24.8. The normalized spacial score (nSPS) is 14.7. The molecule has 1 aromatic heterocycles. The quantitative estimate of drug-likeness (QED) is 0.119. The van der Waals surface area contributed by atoms with Crippen LogP contribution in [0.15, 0.2) is 77.8 Å². The van der Waals surface area contributed by atoms with Crippen molar-refractivity contribution in [3.8, 4) is 11.5 Å². The smallest absolute Gasteiger partial charge is 0.282 e. The molecule has 0 unspecified atom stereocenters. The van der Waals surface area contributed by atoms with Crippen LogP contribution in [0.1, 0.15) is 59.1 Å². The number of carbonyl (C=O) groups excluding carboxylic acids is 1. The number of hydrogen-bond acceptors (Lipinski definition) is 7. The number of nitrogens with one attached hydrogen (secondary N) is 1. The first-order valence-electron chi connectivity index (χ1n) is 14.2. The van der Waals surface area contributed by atoms with Crippen LogP contribution in [-0.4, -0.2) is 24.2 Å². The van der Waals surface area contributed by atoms with Gasteiger partial charge in [-0.05, 0) is 59.9 Å². The average Bonchev–Trinajstić information content (AvgIpc) is 3.37. The van der Waals surface area contributed by atoms with E-state index >= 15 is 0 Å². The first kappa shape index (κ1) is 30.0. The highest BCUT2D eigenvalue weighted by Gasteiger charge is 2.34. The van der Waals surface area contributed by atoms with Gasteiger partial charge in [-0.15, -0.1) is 11.3 Å². The maximum absolute atomic E-state index is 13.6. The molecule has 222 valence electrons. The Hall–Kier alpha value is -4.50. The second kappa shape index (κ2) is 12.8. The fraction of sp³-hybridized carbons (Fsp3) is 0.294. The Labute approximate surface area is 255 Å². The molecule has 0 radical (unpaired) electrons. The van der Waals surface area contributed by atoms with Gasteiger partial charge in [0.2, 0.25) is 0 Å². The number of ether oxygens (including phenoxy) is 2. The van der Waals surface area contributed by atoms with Crippen molar-refractivity contribution in [1.82, 2.24) is 0 Å². The SMILES string of the molecule is COc1cc(C=Nc2sc3c(c2C(=O)Nc2ccccc2)CC[C@H](C(C)(C)C)C3)c([N+](=O)[O-])cc1OCc1ccccc1. The molecule has 0 fully saturated rings. The number of aliphatic imine (C=N–C) groups is 1. The van der Waals surface area contributed by atoms with E-state index in [1.807, 2.05) is 60.7 Å². The Morgan fingerprint density at radius 3 is 2.44 bits per heavy atom. The molecule has 0 saturated heterocycles. The molecule has 0 spiro atoms. The summed E-state index contributed by atoms with van der Waals surface area (Å²) in [6.45, 7) is 6.98. The van der Waals surface area contributed by atoms with Crippen LogP contribution in [0.4, 0.5) is 16.4 Å². The highest BCUT2D eigenvalue weighted by molar-refractivity contribution is 7.16. The third kappa shape index (κ3) is 6.94. The van der Waals surface area contributed by atoms with Crippen LogP contribution in [0.5, 0.6) is 11.5 Å². The third-order valence-corrected chi connectivity index (χ3v) is 8.96. The molecular weight excluding hydrogens is 562 g/mol. The van der Waals surface area contributed by atoms with Crippen LogP contribution in [-0.2, 0) is 19.4 Å². The molecule has 0 bridgehead atoms. The van der Waals surface area contributed by atoms with E-state index in [9.17, 15) is 14.9 Å². The standard InChI is InChI=1S/C34H35N3O5S/c1-34(2,3)24-15-16-26-30(18-24)43-33(31(26)32(38)36-25-13-9-6-10-14-25)35-20-23-17-28(41-4)29(19-27(23)37(39)40)42-21-22-11-7-5-8-12-22/h5-14,17,19-20,24H,15-16,18,21H2,1-4H3,(H,36,38)/t24-/m0/s1. The Bertz CT molecular complexity index is 1640. The fourth-order valence-electron chi connectivity index (χ4n) is 5.31. The van der Waals surface area contributed by atoms with Crippen LogP contribution in [0.25, 0.3) is 0 Å². The lowest BCUT2D eigenvalue weighted by molar-refractivity contribution is -0.385. The second-order valence-corrected chi connectivity index (χ2v) is 12.7. The Balaban J connectivity index is 1.50. The summed E-state index contributed by atoms with van der Waals surface area (Å²) in [5.41, 5.74) is 3.39. The Morgan fingerprint density at radius 1 is 1.09 bits per heavy atom. The first-order valence-corrected chi connectivity index (χ1v) is 15.0. The van der Waals surface area contributed by atoms with E-state index in [1.165, 1.54) is 30.7 Å². The van der Waals surface area contributed by atoms with Gasteiger partial charge in [-0.1, -0.05) is 69.3 Å². The van der Waals surface area contributed by atoms with E-state index in [-0.39, 0.29) is 34.9 Å². The molecular formula is C34H35N3O5S. The molecule has 1 N–H and O–H groups in total. The van der Waals surface area contributed by atoms with Crippen molar-refractivity contribution in [3.05, 3.63) is 110 Å². The molecule has 1 heterocycles. The number of thiophene rings is 1. The number of benzene rings is 3. The van der Waals surface area contributed by atoms with E-state index in [4.69, 9.17) is 14.5 Å². The Kier molecular flexibility index (Phi) is 8.92. The molecule has 1 aliphatic carbocycles. The average molecular weight is 598 g/mol. The molecule has 1 amide bonds. The summed E-state index contributed by atoms with van der Waals surface area (Å²) in [6, 6.07) is 21.8. The highest BCUT2D eigenvalue weighted by atomic mass is 32.1. The predicted octanol–water partition coefficient (Wildman–Crippen LogP) is 8.40. The van der Waals surface area contributed by atoms with Gasteiger partial charge in [0.1, 0.15) is 11.6 Å². The molecule has 5 rings (SSSR count). The van der Waals surface area contributed by atoms with Crippen molar-refractivity contribution in [2.75, 3.05) is 12.4 Å². The number of para-hydroxylation sites is 1. The third-order valence-electron chi connectivity index (χ3n) is 7.80. The van der Waals surface area contributed by atoms with Gasteiger partial charge < -0.3 is 14.8 Å². The molecule has 0 aliphatic heterocycles. The van der Waals surface area contributed by atoms with Crippen LogP contribution < -0.4 is 14.8 Å². The van der Waals surface area contributed by atoms with Gasteiger partial charge in [0.15, 0.2) is 11.5 Å². The predicted molar refractivity (Wildman–Crippen MR) is 171 cm³/mol. The van der Waals surface area contributed by atoms with Crippen molar-refractivity contribution < 1.29 is 19.2 Å². The number of carbonyl (C=O) groups is 1. The number of methoxy groups -OCH3 is 1. The van der Waals surface area contributed by atoms with E-state index in [0.29, 0.717) is 27.9 Å². The maximum Gasteiger partial charge on any atom is 0.282 e. The summed E-state index contributed by atoms with van der Waals surface area (Å²) in [4.78, 5) is 31.1. The number of hydrogen-bond donors (Lipinski definition) is 1. The van der Waals surface area contributed by atoms with E-state index in [1.54, 1.807) is 6.07 Å². The van der Waals surface area contributed by atoms with E-state index in [0.717, 1.165) is 35.3 Å². The molecule has 1 aliphatic rings. The summed E-state index contributed by atoms with van der Waals surface area (Å²) in [7, 11) is 1.49. The summed E-state index contributed by atoms with van der Waals surface area (Å²) < 4.78 is 11.4. The second-order valence-electron chi connectivity index (χ2n) is 11.7.